The first kappa shape index (κ1) is 18.5. The third-order valence-electron chi connectivity index (χ3n) is 4.94. The Kier molecular flexibility index (Phi) is 5.48. The molecule has 1 saturated heterocycles. The molecule has 0 radical (unpaired) electrons. The summed E-state index contributed by atoms with van der Waals surface area (Å²) in [6.07, 6.45) is 5.53. The lowest BCUT2D eigenvalue weighted by Gasteiger charge is -2.21. The number of aromatic nitrogens is 1. The average Bonchev–Trinajstić information content (AvgIpc) is 3.05. The Labute approximate surface area is 171 Å². The van der Waals surface area contributed by atoms with Crippen molar-refractivity contribution >= 4 is 56.4 Å². The molecule has 1 aliphatic heterocycles. The largest absolute Gasteiger partial charge is 0.381 e. The van der Waals surface area contributed by atoms with Gasteiger partial charge in [0.2, 0.25) is 0 Å². The van der Waals surface area contributed by atoms with Crippen molar-refractivity contribution in [2.45, 2.75) is 12.8 Å². The molecule has 2 aromatic carbocycles. The van der Waals surface area contributed by atoms with E-state index >= 15 is 0 Å². The number of carbonyl (C=O) groups excluding carboxylic acids is 1. The standard InChI is InChI=1S/C22H19BrClNO2/c23-16-4-7-18-20(13-16)25-19(8-3-14-1-5-17(24)6-2-14)21(18)22(26)15-9-11-27-12-10-15/h1-8,13,15,25H,9-12H2/b8-3+. The van der Waals surface area contributed by atoms with Crippen molar-refractivity contribution in [1.82, 2.24) is 4.98 Å². The predicted octanol–water partition coefficient (Wildman–Crippen LogP) is 6.36. The van der Waals surface area contributed by atoms with E-state index < -0.39 is 0 Å². The van der Waals surface area contributed by atoms with Crippen LogP contribution in [0.3, 0.4) is 0 Å². The molecular weight excluding hydrogens is 426 g/mol. The molecule has 0 bridgehead atoms. The van der Waals surface area contributed by atoms with Crippen LogP contribution in [0.2, 0.25) is 5.02 Å². The fourth-order valence-corrected chi connectivity index (χ4v) is 3.99. The molecule has 0 spiro atoms. The van der Waals surface area contributed by atoms with Gasteiger partial charge < -0.3 is 9.72 Å². The molecule has 1 N–H and O–H groups in total. The van der Waals surface area contributed by atoms with Gasteiger partial charge in [-0.05, 0) is 48.7 Å². The molecule has 3 nitrogen and oxygen atoms in total. The molecule has 1 aromatic heterocycles. The van der Waals surface area contributed by atoms with Crippen LogP contribution < -0.4 is 0 Å². The molecule has 138 valence electrons. The summed E-state index contributed by atoms with van der Waals surface area (Å²) in [4.78, 5) is 16.7. The van der Waals surface area contributed by atoms with E-state index in [0.717, 1.165) is 45.0 Å². The van der Waals surface area contributed by atoms with Crippen LogP contribution >= 0.6 is 27.5 Å². The zero-order valence-corrected chi connectivity index (χ0v) is 17.0. The molecule has 0 amide bonds. The van der Waals surface area contributed by atoms with Crippen molar-refractivity contribution in [2.24, 2.45) is 5.92 Å². The summed E-state index contributed by atoms with van der Waals surface area (Å²) in [5.74, 6) is 0.215. The van der Waals surface area contributed by atoms with Crippen molar-refractivity contribution in [1.29, 1.82) is 0 Å². The van der Waals surface area contributed by atoms with Gasteiger partial charge in [0.05, 0.1) is 11.3 Å². The van der Waals surface area contributed by atoms with Crippen molar-refractivity contribution < 1.29 is 9.53 Å². The van der Waals surface area contributed by atoms with Crippen molar-refractivity contribution in [3.8, 4) is 0 Å². The molecule has 3 aromatic rings. The average molecular weight is 445 g/mol. The van der Waals surface area contributed by atoms with E-state index in [1.165, 1.54) is 0 Å². The van der Waals surface area contributed by atoms with E-state index in [1.54, 1.807) is 0 Å². The molecule has 5 heteroatoms. The minimum absolute atomic E-state index is 0.0177. The van der Waals surface area contributed by atoms with Crippen LogP contribution in [0, 0.1) is 5.92 Å². The second-order valence-corrected chi connectivity index (χ2v) is 8.09. The lowest BCUT2D eigenvalue weighted by atomic mass is 9.89. The van der Waals surface area contributed by atoms with Gasteiger partial charge in [-0.15, -0.1) is 0 Å². The summed E-state index contributed by atoms with van der Waals surface area (Å²) in [6, 6.07) is 13.6. The van der Waals surface area contributed by atoms with E-state index in [1.807, 2.05) is 54.6 Å². The molecule has 2 heterocycles. The molecule has 1 fully saturated rings. The lowest BCUT2D eigenvalue weighted by Crippen LogP contribution is -2.23. The van der Waals surface area contributed by atoms with Gasteiger partial charge in [-0.3, -0.25) is 4.79 Å². The Balaban J connectivity index is 1.76. The first-order valence-corrected chi connectivity index (χ1v) is 10.2. The molecule has 1 aliphatic rings. The number of carbonyl (C=O) groups is 1. The molecule has 4 rings (SSSR count). The van der Waals surface area contributed by atoms with Crippen LogP contribution in [0.1, 0.15) is 34.5 Å². The quantitative estimate of drug-likeness (QED) is 0.475. The fourth-order valence-electron chi connectivity index (χ4n) is 3.50. The summed E-state index contributed by atoms with van der Waals surface area (Å²) >= 11 is 9.47. The Morgan fingerprint density at radius 1 is 1.11 bits per heavy atom. The number of benzene rings is 2. The number of rotatable bonds is 4. The van der Waals surface area contributed by atoms with Crippen LogP contribution in [0.4, 0.5) is 0 Å². The van der Waals surface area contributed by atoms with Crippen molar-refractivity contribution in [2.75, 3.05) is 13.2 Å². The summed E-state index contributed by atoms with van der Waals surface area (Å²) < 4.78 is 6.41. The van der Waals surface area contributed by atoms with E-state index in [9.17, 15) is 4.79 Å². The van der Waals surface area contributed by atoms with Crippen LogP contribution in [0.25, 0.3) is 23.1 Å². The molecule has 0 unspecified atom stereocenters. The predicted molar refractivity (Wildman–Crippen MR) is 114 cm³/mol. The highest BCUT2D eigenvalue weighted by atomic mass is 79.9. The first-order valence-electron chi connectivity index (χ1n) is 8.98. The van der Waals surface area contributed by atoms with Gasteiger partial charge in [0.25, 0.3) is 0 Å². The highest BCUT2D eigenvalue weighted by Crippen LogP contribution is 2.31. The summed E-state index contributed by atoms with van der Waals surface area (Å²) in [7, 11) is 0. The van der Waals surface area contributed by atoms with Crippen molar-refractivity contribution in [3.63, 3.8) is 0 Å². The lowest BCUT2D eigenvalue weighted by molar-refractivity contribution is 0.0546. The topological polar surface area (TPSA) is 42.1 Å². The van der Waals surface area contributed by atoms with Crippen LogP contribution in [0.15, 0.2) is 46.9 Å². The normalized spacial score (nSPS) is 15.6. The highest BCUT2D eigenvalue weighted by Gasteiger charge is 2.27. The Morgan fingerprint density at radius 2 is 1.85 bits per heavy atom. The second kappa shape index (κ2) is 8.01. The Morgan fingerprint density at radius 3 is 2.59 bits per heavy atom. The van der Waals surface area contributed by atoms with Gasteiger partial charge in [-0.25, -0.2) is 0 Å². The summed E-state index contributed by atoms with van der Waals surface area (Å²) in [6.45, 7) is 1.31. The van der Waals surface area contributed by atoms with Gasteiger partial charge >= 0.3 is 0 Å². The van der Waals surface area contributed by atoms with E-state index in [4.69, 9.17) is 16.3 Å². The number of Topliss-reactive ketones (excluding diaryl/α,β-unsaturated/α-hetero) is 1. The Bertz CT molecular complexity index is 1000. The zero-order valence-electron chi connectivity index (χ0n) is 14.7. The minimum Gasteiger partial charge on any atom is -0.381 e. The summed E-state index contributed by atoms with van der Waals surface area (Å²) in [5, 5.41) is 1.67. The number of aromatic amines is 1. The highest BCUT2D eigenvalue weighted by molar-refractivity contribution is 9.10. The molecule has 0 atom stereocenters. The van der Waals surface area contributed by atoms with E-state index in [2.05, 4.69) is 20.9 Å². The second-order valence-electron chi connectivity index (χ2n) is 6.74. The molecule has 27 heavy (non-hydrogen) atoms. The smallest absolute Gasteiger partial charge is 0.168 e. The molecular formula is C22H19BrClNO2. The van der Waals surface area contributed by atoms with Crippen LogP contribution in [-0.2, 0) is 4.74 Å². The maximum Gasteiger partial charge on any atom is 0.168 e. The van der Waals surface area contributed by atoms with Gasteiger partial charge in [0, 0.05) is 39.5 Å². The monoisotopic (exact) mass is 443 g/mol. The Hall–Kier alpha value is -1.88. The fraction of sp³-hybridized carbons (Fsp3) is 0.227. The first-order chi connectivity index (χ1) is 13.1. The number of hydrogen-bond donors (Lipinski definition) is 1. The third-order valence-corrected chi connectivity index (χ3v) is 5.69. The van der Waals surface area contributed by atoms with Crippen LogP contribution in [-0.4, -0.2) is 24.0 Å². The number of ketones is 1. The van der Waals surface area contributed by atoms with Gasteiger partial charge in [0.1, 0.15) is 0 Å². The van der Waals surface area contributed by atoms with Crippen molar-refractivity contribution in [3.05, 3.63) is 68.8 Å². The number of ether oxygens (including phenoxy) is 1. The number of fused-ring (bicyclic) bond motifs is 1. The number of H-pyrrole nitrogens is 1. The zero-order chi connectivity index (χ0) is 18.8. The molecule has 0 saturated carbocycles. The minimum atomic E-state index is 0.0177. The van der Waals surface area contributed by atoms with E-state index in [-0.39, 0.29) is 11.7 Å². The maximum atomic E-state index is 13.3. The number of nitrogens with one attached hydrogen (secondary N) is 1. The van der Waals surface area contributed by atoms with Gasteiger partial charge in [-0.2, -0.15) is 0 Å². The number of hydrogen-bond acceptors (Lipinski definition) is 2. The van der Waals surface area contributed by atoms with E-state index in [0.29, 0.717) is 18.2 Å². The van der Waals surface area contributed by atoms with Gasteiger partial charge in [0.15, 0.2) is 5.78 Å². The van der Waals surface area contributed by atoms with Gasteiger partial charge in [-0.1, -0.05) is 51.8 Å². The maximum absolute atomic E-state index is 13.3. The third kappa shape index (κ3) is 4.03. The molecule has 0 aliphatic carbocycles. The van der Waals surface area contributed by atoms with Crippen LogP contribution in [0.5, 0.6) is 0 Å². The summed E-state index contributed by atoms with van der Waals surface area (Å²) in [5.41, 5.74) is 3.60. The SMILES string of the molecule is O=C(c1c(/C=C/c2ccc(Cl)cc2)[nH]c2cc(Br)ccc12)C1CCOCC1. The number of halogens is 2.